The van der Waals surface area contributed by atoms with Gasteiger partial charge in [0.15, 0.2) is 5.82 Å². The molecule has 0 spiro atoms. The van der Waals surface area contributed by atoms with Crippen molar-refractivity contribution in [3.63, 3.8) is 0 Å². The van der Waals surface area contributed by atoms with Crippen LogP contribution in [0.3, 0.4) is 0 Å². The minimum atomic E-state index is 0.104. The van der Waals surface area contributed by atoms with E-state index in [1.807, 2.05) is 42.5 Å². The number of hydrogen-bond acceptors (Lipinski definition) is 7. The number of nitrogens with one attached hydrogen (secondary N) is 1. The Kier molecular flexibility index (Phi) is 4.85. The molecule has 1 saturated heterocycles. The first-order valence-corrected chi connectivity index (χ1v) is 8.96. The van der Waals surface area contributed by atoms with Gasteiger partial charge in [0.25, 0.3) is 0 Å². The zero-order valence-electron chi connectivity index (χ0n) is 13.6. The van der Waals surface area contributed by atoms with Gasteiger partial charge in [-0.3, -0.25) is 0 Å². The summed E-state index contributed by atoms with van der Waals surface area (Å²) in [6.45, 7) is 2.04. The fourth-order valence-electron chi connectivity index (χ4n) is 2.58. The predicted molar refractivity (Wildman–Crippen MR) is 96.8 cm³/mol. The summed E-state index contributed by atoms with van der Waals surface area (Å²) in [5.74, 6) is 1.38. The first kappa shape index (κ1) is 16.0. The summed E-state index contributed by atoms with van der Waals surface area (Å²) in [5, 5.41) is 4.10. The molecule has 1 atom stereocenters. The van der Waals surface area contributed by atoms with E-state index in [1.54, 1.807) is 6.20 Å². The maximum Gasteiger partial charge on any atom is 0.213 e. The maximum atomic E-state index is 5.84. The highest BCUT2D eigenvalue weighted by Crippen LogP contribution is 2.22. The number of anilines is 1. The second kappa shape index (κ2) is 7.58. The van der Waals surface area contributed by atoms with E-state index in [0.29, 0.717) is 19.0 Å². The molecular weight excluding hydrogens is 336 g/mol. The summed E-state index contributed by atoms with van der Waals surface area (Å²) in [4.78, 5) is 8.80. The minimum Gasteiger partial charge on any atom is -0.472 e. The second-order valence-electron chi connectivity index (χ2n) is 5.75. The Morgan fingerprint density at radius 3 is 3.00 bits per heavy atom. The third-order valence-corrected chi connectivity index (χ3v) is 4.55. The fourth-order valence-corrected chi connectivity index (χ4v) is 3.16. The lowest BCUT2D eigenvalue weighted by atomic mass is 10.2. The average Bonchev–Trinajstić information content (AvgIpc) is 3.33. The van der Waals surface area contributed by atoms with Crippen molar-refractivity contribution in [2.24, 2.45) is 0 Å². The van der Waals surface area contributed by atoms with Crippen molar-refractivity contribution >= 4 is 16.7 Å². The van der Waals surface area contributed by atoms with E-state index in [9.17, 15) is 0 Å². The lowest BCUT2D eigenvalue weighted by molar-refractivity contribution is 0.138. The molecule has 0 saturated carbocycles. The van der Waals surface area contributed by atoms with Crippen LogP contribution in [0.25, 0.3) is 11.4 Å². The van der Waals surface area contributed by atoms with Gasteiger partial charge in [-0.25, -0.2) is 4.98 Å². The molecule has 0 amide bonds. The largest absolute Gasteiger partial charge is 0.472 e. The Bertz CT molecular complexity index is 819. The molecule has 1 aliphatic rings. The van der Waals surface area contributed by atoms with Gasteiger partial charge < -0.3 is 14.8 Å². The smallest absolute Gasteiger partial charge is 0.213 e. The van der Waals surface area contributed by atoms with E-state index in [0.717, 1.165) is 35.1 Å². The molecule has 1 aromatic carbocycles. The highest BCUT2D eigenvalue weighted by Gasteiger charge is 2.17. The van der Waals surface area contributed by atoms with Crippen molar-refractivity contribution in [2.75, 3.05) is 18.5 Å². The quantitative estimate of drug-likeness (QED) is 0.732. The second-order valence-corrected chi connectivity index (χ2v) is 6.50. The monoisotopic (exact) mass is 354 g/mol. The topological polar surface area (TPSA) is 69.2 Å². The Balaban J connectivity index is 1.37. The maximum absolute atomic E-state index is 5.84. The third-order valence-electron chi connectivity index (χ3n) is 3.88. The zero-order chi connectivity index (χ0) is 16.9. The molecule has 1 unspecified atom stereocenters. The molecule has 0 aliphatic carbocycles. The molecule has 6 nitrogen and oxygen atoms in total. The van der Waals surface area contributed by atoms with Crippen LogP contribution in [0.2, 0.25) is 0 Å². The van der Waals surface area contributed by atoms with Gasteiger partial charge in [0.05, 0.1) is 13.2 Å². The first-order chi connectivity index (χ1) is 12.4. The summed E-state index contributed by atoms with van der Waals surface area (Å²) >= 11 is 1.36. The van der Waals surface area contributed by atoms with Gasteiger partial charge in [0, 0.05) is 42.3 Å². The van der Waals surface area contributed by atoms with Crippen molar-refractivity contribution in [2.45, 2.75) is 19.1 Å². The van der Waals surface area contributed by atoms with E-state index in [2.05, 4.69) is 19.7 Å². The molecule has 1 fully saturated rings. The SMILES string of the molecule is c1ccc(-c2nsc(NCc3ccnc(OC4CCOC4)c3)n2)cc1. The van der Waals surface area contributed by atoms with Crippen molar-refractivity contribution < 1.29 is 9.47 Å². The summed E-state index contributed by atoms with van der Waals surface area (Å²) in [6.07, 6.45) is 2.78. The third kappa shape index (κ3) is 4.12. The van der Waals surface area contributed by atoms with Crippen LogP contribution in [0, 0.1) is 0 Å². The number of rotatable bonds is 6. The normalized spacial score (nSPS) is 16.7. The Morgan fingerprint density at radius 1 is 1.24 bits per heavy atom. The lowest BCUT2D eigenvalue weighted by Crippen LogP contribution is -2.16. The molecule has 0 bridgehead atoms. The van der Waals surface area contributed by atoms with E-state index in [4.69, 9.17) is 9.47 Å². The minimum absolute atomic E-state index is 0.104. The van der Waals surface area contributed by atoms with Crippen molar-refractivity contribution in [3.8, 4) is 17.3 Å². The van der Waals surface area contributed by atoms with Gasteiger partial charge in [0.2, 0.25) is 11.0 Å². The van der Waals surface area contributed by atoms with E-state index in [1.165, 1.54) is 11.5 Å². The highest BCUT2D eigenvalue weighted by atomic mass is 32.1. The number of hydrogen-bond donors (Lipinski definition) is 1. The highest BCUT2D eigenvalue weighted by molar-refractivity contribution is 7.09. The standard InChI is InChI=1S/C18H18N4O2S/c1-2-4-14(5-3-1)17-21-18(25-22-17)20-11-13-6-8-19-16(10-13)24-15-7-9-23-12-15/h1-6,8,10,15H,7,9,11-12H2,(H,20,21,22). The van der Waals surface area contributed by atoms with Crippen LogP contribution in [-0.2, 0) is 11.3 Å². The van der Waals surface area contributed by atoms with Gasteiger partial charge in [-0.1, -0.05) is 30.3 Å². The lowest BCUT2D eigenvalue weighted by Gasteiger charge is -2.11. The van der Waals surface area contributed by atoms with Gasteiger partial charge in [0.1, 0.15) is 6.10 Å². The van der Waals surface area contributed by atoms with Crippen LogP contribution >= 0.6 is 11.5 Å². The molecule has 0 radical (unpaired) electrons. The number of nitrogens with zero attached hydrogens (tertiary/aromatic N) is 3. The number of ether oxygens (including phenoxy) is 2. The first-order valence-electron chi connectivity index (χ1n) is 8.19. The zero-order valence-corrected chi connectivity index (χ0v) is 14.4. The van der Waals surface area contributed by atoms with Crippen LogP contribution in [0.5, 0.6) is 5.88 Å². The summed E-state index contributed by atoms with van der Waals surface area (Å²) in [5.41, 5.74) is 2.10. The van der Waals surface area contributed by atoms with Gasteiger partial charge >= 0.3 is 0 Å². The van der Waals surface area contributed by atoms with Gasteiger partial charge in [-0.15, -0.1) is 0 Å². The molecule has 128 valence electrons. The fraction of sp³-hybridized carbons (Fsp3) is 0.278. The van der Waals surface area contributed by atoms with Gasteiger partial charge in [-0.2, -0.15) is 9.36 Å². The van der Waals surface area contributed by atoms with Crippen LogP contribution in [0.1, 0.15) is 12.0 Å². The van der Waals surface area contributed by atoms with Crippen LogP contribution in [0.4, 0.5) is 5.13 Å². The van der Waals surface area contributed by atoms with Crippen molar-refractivity contribution in [1.82, 2.24) is 14.3 Å². The number of benzene rings is 1. The molecule has 25 heavy (non-hydrogen) atoms. The van der Waals surface area contributed by atoms with Crippen LogP contribution in [0.15, 0.2) is 48.7 Å². The molecule has 7 heteroatoms. The van der Waals surface area contributed by atoms with E-state index in [-0.39, 0.29) is 6.10 Å². The molecule has 3 heterocycles. The predicted octanol–water partition coefficient (Wildman–Crippen LogP) is 3.38. The summed E-state index contributed by atoms with van der Waals surface area (Å²) in [6, 6.07) is 13.9. The van der Waals surface area contributed by atoms with Crippen LogP contribution < -0.4 is 10.1 Å². The Morgan fingerprint density at radius 2 is 2.16 bits per heavy atom. The van der Waals surface area contributed by atoms with E-state index >= 15 is 0 Å². The molecular formula is C18H18N4O2S. The molecule has 4 rings (SSSR count). The number of pyridine rings is 1. The van der Waals surface area contributed by atoms with E-state index < -0.39 is 0 Å². The number of aromatic nitrogens is 3. The Labute approximate surface area is 150 Å². The molecule has 2 aromatic heterocycles. The van der Waals surface area contributed by atoms with Crippen molar-refractivity contribution in [1.29, 1.82) is 0 Å². The van der Waals surface area contributed by atoms with Crippen molar-refractivity contribution in [3.05, 3.63) is 54.2 Å². The molecule has 3 aromatic rings. The van der Waals surface area contributed by atoms with Crippen LogP contribution in [-0.4, -0.2) is 33.7 Å². The summed E-state index contributed by atoms with van der Waals surface area (Å²) < 4.78 is 15.6. The molecule has 1 N–H and O–H groups in total. The average molecular weight is 354 g/mol. The summed E-state index contributed by atoms with van der Waals surface area (Å²) in [7, 11) is 0. The molecule has 1 aliphatic heterocycles. The Hall–Kier alpha value is -2.51. The van der Waals surface area contributed by atoms with Gasteiger partial charge in [-0.05, 0) is 11.6 Å².